The first-order valence-corrected chi connectivity index (χ1v) is 9.75. The molecule has 1 N–H and O–H groups in total. The second kappa shape index (κ2) is 8.80. The zero-order valence-electron chi connectivity index (χ0n) is 16.4. The topological polar surface area (TPSA) is 44.5 Å². The summed E-state index contributed by atoms with van der Waals surface area (Å²) in [6.45, 7) is 12.6. The minimum absolute atomic E-state index is 0.246. The van der Waals surface area contributed by atoms with Gasteiger partial charge in [0.25, 0.3) is 0 Å². The number of aryl methyl sites for hydroxylation is 3. The average Bonchev–Trinajstić information content (AvgIpc) is 2.99. The summed E-state index contributed by atoms with van der Waals surface area (Å²) < 4.78 is 2.02. The normalized spacial score (nSPS) is 19.2. The zero-order chi connectivity index (χ0) is 18.5. The van der Waals surface area contributed by atoms with E-state index in [4.69, 9.17) is 0 Å². The second-order valence-electron chi connectivity index (χ2n) is 7.39. The number of rotatable bonds is 7. The highest BCUT2D eigenvalue weighted by atomic mass is 16.3. The van der Waals surface area contributed by atoms with Gasteiger partial charge >= 0.3 is 0 Å². The van der Waals surface area contributed by atoms with Gasteiger partial charge in [-0.25, -0.2) is 0 Å². The molecule has 1 aromatic carbocycles. The lowest BCUT2D eigenvalue weighted by Crippen LogP contribution is -2.52. The molecule has 142 valence electrons. The molecule has 0 aliphatic carbocycles. The van der Waals surface area contributed by atoms with E-state index in [1.54, 1.807) is 0 Å². The lowest BCUT2D eigenvalue weighted by Gasteiger charge is -2.41. The molecule has 1 aliphatic rings. The Hall–Kier alpha value is -1.69. The zero-order valence-corrected chi connectivity index (χ0v) is 16.4. The van der Waals surface area contributed by atoms with Crippen LogP contribution in [0.3, 0.4) is 0 Å². The summed E-state index contributed by atoms with van der Waals surface area (Å²) in [6, 6.07) is 9.02. The number of hydrogen-bond acceptors (Lipinski definition) is 4. The minimum Gasteiger partial charge on any atom is -0.396 e. The Morgan fingerprint density at radius 2 is 1.92 bits per heavy atom. The van der Waals surface area contributed by atoms with E-state index >= 15 is 0 Å². The Morgan fingerprint density at radius 3 is 2.62 bits per heavy atom. The minimum atomic E-state index is 0.246. The number of aliphatic hydroxyl groups is 1. The summed E-state index contributed by atoms with van der Waals surface area (Å²) in [5.74, 6) is 0. The maximum atomic E-state index is 9.55. The van der Waals surface area contributed by atoms with Crippen molar-refractivity contribution in [3.05, 3.63) is 52.8 Å². The first-order valence-electron chi connectivity index (χ1n) is 9.75. The van der Waals surface area contributed by atoms with Gasteiger partial charge in [-0.05, 0) is 38.3 Å². The van der Waals surface area contributed by atoms with E-state index in [0.29, 0.717) is 6.04 Å². The fourth-order valence-corrected chi connectivity index (χ4v) is 3.86. The Kier molecular flexibility index (Phi) is 6.46. The van der Waals surface area contributed by atoms with E-state index in [0.717, 1.165) is 51.4 Å². The van der Waals surface area contributed by atoms with Crippen LogP contribution < -0.4 is 0 Å². The molecule has 1 saturated heterocycles. The Labute approximate surface area is 157 Å². The second-order valence-corrected chi connectivity index (χ2v) is 7.39. The smallest absolute Gasteiger partial charge is 0.0638 e. The number of aliphatic hydroxyl groups excluding tert-OH is 1. The van der Waals surface area contributed by atoms with Crippen molar-refractivity contribution in [2.24, 2.45) is 0 Å². The van der Waals surface area contributed by atoms with Gasteiger partial charge in [0.15, 0.2) is 0 Å². The molecule has 2 aromatic rings. The van der Waals surface area contributed by atoms with Gasteiger partial charge in [-0.15, -0.1) is 0 Å². The van der Waals surface area contributed by atoms with Crippen LogP contribution in [0.25, 0.3) is 0 Å². The molecule has 1 fully saturated rings. The molecule has 1 aliphatic heterocycles. The van der Waals surface area contributed by atoms with Gasteiger partial charge in [-0.3, -0.25) is 14.5 Å². The third kappa shape index (κ3) is 4.53. The van der Waals surface area contributed by atoms with Gasteiger partial charge in [0.1, 0.15) is 0 Å². The van der Waals surface area contributed by atoms with E-state index in [1.165, 1.54) is 16.7 Å². The molecule has 5 nitrogen and oxygen atoms in total. The lowest BCUT2D eigenvalue weighted by molar-refractivity contribution is 0.0498. The van der Waals surface area contributed by atoms with Crippen LogP contribution in [0.1, 0.15) is 35.7 Å². The third-order valence-corrected chi connectivity index (χ3v) is 5.55. The molecule has 3 rings (SSSR count). The maximum Gasteiger partial charge on any atom is 0.0638 e. The van der Waals surface area contributed by atoms with Gasteiger partial charge in [0.2, 0.25) is 0 Å². The molecule has 1 aromatic heterocycles. The molecule has 26 heavy (non-hydrogen) atoms. The van der Waals surface area contributed by atoms with Crippen LogP contribution in [0.2, 0.25) is 0 Å². The van der Waals surface area contributed by atoms with E-state index in [-0.39, 0.29) is 6.61 Å². The molecular formula is C21H32N4O. The molecule has 5 heteroatoms. The van der Waals surface area contributed by atoms with Crippen LogP contribution in [0.15, 0.2) is 30.5 Å². The average molecular weight is 357 g/mol. The molecule has 0 unspecified atom stereocenters. The Bertz CT molecular complexity index is 712. The fraction of sp³-hybridized carbons (Fsp3) is 0.571. The summed E-state index contributed by atoms with van der Waals surface area (Å²) in [4.78, 5) is 5.05. The quantitative estimate of drug-likeness (QED) is 0.828. The summed E-state index contributed by atoms with van der Waals surface area (Å²) >= 11 is 0. The summed E-state index contributed by atoms with van der Waals surface area (Å²) in [5.41, 5.74) is 5.19. The van der Waals surface area contributed by atoms with Crippen LogP contribution in [0, 0.1) is 13.8 Å². The van der Waals surface area contributed by atoms with Crippen molar-refractivity contribution in [2.75, 3.05) is 26.2 Å². The van der Waals surface area contributed by atoms with Gasteiger partial charge < -0.3 is 5.11 Å². The van der Waals surface area contributed by atoms with Crippen LogP contribution >= 0.6 is 0 Å². The molecule has 0 spiro atoms. The lowest BCUT2D eigenvalue weighted by atomic mass is 10.0. The predicted octanol–water partition coefficient (Wildman–Crippen LogP) is 2.59. The largest absolute Gasteiger partial charge is 0.396 e. The summed E-state index contributed by atoms with van der Waals surface area (Å²) in [5, 5.41) is 14.1. The van der Waals surface area contributed by atoms with Crippen molar-refractivity contribution in [1.82, 2.24) is 19.6 Å². The van der Waals surface area contributed by atoms with Crippen molar-refractivity contribution in [2.45, 2.75) is 52.9 Å². The van der Waals surface area contributed by atoms with E-state index in [1.807, 2.05) is 4.68 Å². The highest BCUT2D eigenvalue weighted by molar-refractivity contribution is 5.25. The van der Waals surface area contributed by atoms with E-state index < -0.39 is 0 Å². The van der Waals surface area contributed by atoms with Crippen molar-refractivity contribution < 1.29 is 5.11 Å². The number of aromatic nitrogens is 2. The van der Waals surface area contributed by atoms with Gasteiger partial charge in [-0.1, -0.05) is 24.3 Å². The molecule has 0 bridgehead atoms. The number of hydrogen-bond donors (Lipinski definition) is 1. The number of nitrogens with zero attached hydrogens (tertiary/aromatic N) is 4. The Balaban J connectivity index is 1.65. The summed E-state index contributed by atoms with van der Waals surface area (Å²) in [6.07, 6.45) is 3.01. The summed E-state index contributed by atoms with van der Waals surface area (Å²) in [7, 11) is 0. The van der Waals surface area contributed by atoms with Crippen molar-refractivity contribution in [3.63, 3.8) is 0 Å². The molecular weight excluding hydrogens is 324 g/mol. The maximum absolute atomic E-state index is 9.55. The van der Waals surface area contributed by atoms with Crippen molar-refractivity contribution in [1.29, 1.82) is 0 Å². The van der Waals surface area contributed by atoms with Crippen LogP contribution in [0.4, 0.5) is 0 Å². The van der Waals surface area contributed by atoms with Crippen molar-refractivity contribution >= 4 is 0 Å². The molecule has 2 heterocycles. The first-order chi connectivity index (χ1) is 12.6. The highest BCUT2D eigenvalue weighted by Crippen LogP contribution is 2.20. The number of piperazine rings is 1. The number of benzene rings is 1. The monoisotopic (exact) mass is 356 g/mol. The molecule has 0 amide bonds. The highest BCUT2D eigenvalue weighted by Gasteiger charge is 2.27. The van der Waals surface area contributed by atoms with Crippen LogP contribution in [0.5, 0.6) is 0 Å². The molecule has 0 saturated carbocycles. The third-order valence-electron chi connectivity index (χ3n) is 5.55. The van der Waals surface area contributed by atoms with E-state index in [2.05, 4.69) is 66.1 Å². The van der Waals surface area contributed by atoms with Crippen LogP contribution in [-0.2, 0) is 19.6 Å². The van der Waals surface area contributed by atoms with Gasteiger partial charge in [0, 0.05) is 63.7 Å². The fourth-order valence-electron chi connectivity index (χ4n) is 3.86. The SMILES string of the molecule is CCn1cc(CN2CCN(Cc3ccccc3C)[C@H](CCO)C2)c(C)n1. The van der Waals surface area contributed by atoms with Gasteiger partial charge in [0.05, 0.1) is 5.69 Å². The molecule has 1 atom stereocenters. The van der Waals surface area contributed by atoms with Crippen molar-refractivity contribution in [3.8, 4) is 0 Å². The van der Waals surface area contributed by atoms with E-state index in [9.17, 15) is 5.11 Å². The van der Waals surface area contributed by atoms with Gasteiger partial charge in [-0.2, -0.15) is 5.10 Å². The molecule has 0 radical (unpaired) electrons. The first kappa shape index (κ1) is 19.1. The Morgan fingerprint density at radius 1 is 1.12 bits per heavy atom. The van der Waals surface area contributed by atoms with Crippen LogP contribution in [-0.4, -0.2) is 57.0 Å². The predicted molar refractivity (Wildman–Crippen MR) is 105 cm³/mol. The standard InChI is InChI=1S/C21H32N4O/c1-4-25-15-20(18(3)22-25)13-23-10-11-24(21(16-23)9-12-26)14-19-8-6-5-7-17(19)2/h5-8,15,21,26H,4,9-14,16H2,1-3H3/t21-/m1/s1.